The maximum Gasteiger partial charge on any atom is 0.253 e. The van der Waals surface area contributed by atoms with Gasteiger partial charge < -0.3 is 14.6 Å². The SMILES string of the molecule is COc1cccc(C(=O)NCc2nnc(SCC(=O)N3N=C(c4cccs4)C[C@@H]3c3ccc(F)cc3)n2Cc2ccccc2)c1. The molecule has 0 fully saturated rings. The van der Waals surface area contributed by atoms with Crippen molar-refractivity contribution >= 4 is 40.6 Å². The topological polar surface area (TPSA) is 102 Å². The zero-order valence-corrected chi connectivity index (χ0v) is 25.9. The molecular weight excluding hydrogens is 612 g/mol. The van der Waals surface area contributed by atoms with Gasteiger partial charge in [-0.3, -0.25) is 9.59 Å². The van der Waals surface area contributed by atoms with Crippen molar-refractivity contribution in [1.82, 2.24) is 25.1 Å². The molecule has 0 saturated carbocycles. The summed E-state index contributed by atoms with van der Waals surface area (Å²) in [5, 5.41) is 20.4. The molecule has 0 radical (unpaired) electrons. The van der Waals surface area contributed by atoms with Crippen LogP contribution in [0.3, 0.4) is 0 Å². The first-order valence-corrected chi connectivity index (χ1v) is 16.0. The van der Waals surface area contributed by atoms with Crippen molar-refractivity contribution in [3.63, 3.8) is 0 Å². The quantitative estimate of drug-likeness (QED) is 0.180. The van der Waals surface area contributed by atoms with Crippen LogP contribution < -0.4 is 10.1 Å². The zero-order valence-electron chi connectivity index (χ0n) is 24.3. The van der Waals surface area contributed by atoms with Crippen molar-refractivity contribution in [3.8, 4) is 5.75 Å². The molecule has 45 heavy (non-hydrogen) atoms. The van der Waals surface area contributed by atoms with E-state index in [4.69, 9.17) is 9.84 Å². The fourth-order valence-corrected chi connectivity index (χ4v) is 6.51. The molecule has 9 nitrogen and oxygen atoms in total. The number of hydrogen-bond donors (Lipinski definition) is 1. The van der Waals surface area contributed by atoms with Gasteiger partial charge in [0.25, 0.3) is 11.8 Å². The van der Waals surface area contributed by atoms with E-state index in [9.17, 15) is 14.0 Å². The summed E-state index contributed by atoms with van der Waals surface area (Å²) in [7, 11) is 1.55. The van der Waals surface area contributed by atoms with Gasteiger partial charge >= 0.3 is 0 Å². The van der Waals surface area contributed by atoms with Gasteiger partial charge in [0.1, 0.15) is 11.6 Å². The molecule has 1 aliphatic heterocycles. The van der Waals surface area contributed by atoms with Crippen LogP contribution in [0.25, 0.3) is 0 Å². The van der Waals surface area contributed by atoms with Gasteiger partial charge in [-0.05, 0) is 52.9 Å². The Kier molecular flexibility index (Phi) is 9.32. The van der Waals surface area contributed by atoms with E-state index in [1.54, 1.807) is 54.8 Å². The van der Waals surface area contributed by atoms with Gasteiger partial charge in [0.15, 0.2) is 11.0 Å². The Morgan fingerprint density at radius 2 is 1.84 bits per heavy atom. The number of rotatable bonds is 11. The first kappa shape index (κ1) is 30.2. The number of methoxy groups -OCH3 is 1. The van der Waals surface area contributed by atoms with E-state index in [2.05, 4.69) is 15.5 Å². The highest BCUT2D eigenvalue weighted by molar-refractivity contribution is 7.99. The third-order valence-electron chi connectivity index (χ3n) is 7.27. The molecule has 5 aromatic rings. The molecule has 0 saturated heterocycles. The predicted octanol–water partition coefficient (Wildman–Crippen LogP) is 5.94. The van der Waals surface area contributed by atoms with E-state index in [-0.39, 0.29) is 36.0 Å². The fourth-order valence-electron chi connectivity index (χ4n) is 4.98. The molecule has 1 aliphatic rings. The van der Waals surface area contributed by atoms with Crippen molar-refractivity contribution in [3.05, 3.63) is 130 Å². The van der Waals surface area contributed by atoms with Crippen LogP contribution in [-0.2, 0) is 17.9 Å². The number of thiophene rings is 1. The molecular formula is C33H29FN6O3S2. The van der Waals surface area contributed by atoms with Gasteiger partial charge in [0, 0.05) is 12.0 Å². The monoisotopic (exact) mass is 640 g/mol. The van der Waals surface area contributed by atoms with Crippen molar-refractivity contribution in [2.75, 3.05) is 12.9 Å². The van der Waals surface area contributed by atoms with Crippen molar-refractivity contribution in [2.24, 2.45) is 5.10 Å². The van der Waals surface area contributed by atoms with Gasteiger partial charge in [-0.15, -0.1) is 21.5 Å². The smallest absolute Gasteiger partial charge is 0.253 e. The Labute approximate surface area is 267 Å². The molecule has 0 spiro atoms. The standard InChI is InChI=1S/C33H29FN6O3S2/c1-43-26-10-5-9-24(17-26)32(42)35-19-30-36-37-33(39(30)20-22-7-3-2-4-8-22)45-21-31(41)40-28(23-12-14-25(34)15-13-23)18-27(38-40)29-11-6-16-44-29/h2-17,28H,18-21H2,1H3,(H,35,42)/t28-/m1/s1. The van der Waals surface area contributed by atoms with E-state index in [0.29, 0.717) is 35.3 Å². The number of benzene rings is 3. The number of nitrogens with zero attached hydrogens (tertiary/aromatic N) is 5. The van der Waals surface area contributed by atoms with Crippen LogP contribution >= 0.6 is 23.1 Å². The van der Waals surface area contributed by atoms with Crippen molar-refractivity contribution in [1.29, 1.82) is 0 Å². The van der Waals surface area contributed by atoms with Crippen LogP contribution in [0.15, 0.2) is 107 Å². The van der Waals surface area contributed by atoms with Gasteiger partial charge in [0.2, 0.25) is 0 Å². The van der Waals surface area contributed by atoms with Gasteiger partial charge in [-0.2, -0.15) is 5.10 Å². The largest absolute Gasteiger partial charge is 0.497 e. The van der Waals surface area contributed by atoms with E-state index in [0.717, 1.165) is 21.7 Å². The van der Waals surface area contributed by atoms with Crippen LogP contribution in [0, 0.1) is 5.82 Å². The maximum atomic E-state index is 13.7. The lowest BCUT2D eigenvalue weighted by Gasteiger charge is -2.22. The number of hydrazone groups is 1. The Morgan fingerprint density at radius 3 is 2.60 bits per heavy atom. The Morgan fingerprint density at radius 1 is 1.02 bits per heavy atom. The summed E-state index contributed by atoms with van der Waals surface area (Å²) in [5.41, 5.74) is 3.12. The molecule has 6 rings (SSSR count). The Balaban J connectivity index is 1.20. The molecule has 3 aromatic carbocycles. The number of hydrogen-bond acceptors (Lipinski definition) is 8. The molecule has 0 bridgehead atoms. The summed E-state index contributed by atoms with van der Waals surface area (Å²) in [4.78, 5) is 27.6. The lowest BCUT2D eigenvalue weighted by Crippen LogP contribution is -2.28. The second-order valence-electron chi connectivity index (χ2n) is 10.2. The second-order valence-corrected chi connectivity index (χ2v) is 12.1. The number of thioether (sulfide) groups is 1. The normalized spacial score (nSPS) is 14.3. The number of carbonyl (C=O) groups excluding carboxylic acids is 2. The zero-order chi connectivity index (χ0) is 31.2. The minimum Gasteiger partial charge on any atom is -0.497 e. The van der Waals surface area contributed by atoms with E-state index < -0.39 is 0 Å². The summed E-state index contributed by atoms with van der Waals surface area (Å²) >= 11 is 2.82. The van der Waals surface area contributed by atoms with E-state index >= 15 is 0 Å². The molecule has 3 heterocycles. The summed E-state index contributed by atoms with van der Waals surface area (Å²) in [6.45, 7) is 0.592. The number of ether oxygens (including phenoxy) is 1. The average Bonchev–Trinajstić information content (AvgIpc) is 3.84. The van der Waals surface area contributed by atoms with Crippen LogP contribution in [0.2, 0.25) is 0 Å². The van der Waals surface area contributed by atoms with Crippen LogP contribution in [0.1, 0.15) is 44.6 Å². The number of aromatic nitrogens is 3. The maximum absolute atomic E-state index is 13.7. The Bertz CT molecular complexity index is 1810. The van der Waals surface area contributed by atoms with Crippen molar-refractivity contribution in [2.45, 2.75) is 30.7 Å². The minimum atomic E-state index is -0.347. The molecule has 0 aliphatic carbocycles. The second kappa shape index (κ2) is 13.9. The highest BCUT2D eigenvalue weighted by Gasteiger charge is 2.33. The van der Waals surface area contributed by atoms with E-state index in [1.807, 2.05) is 52.4 Å². The summed E-state index contributed by atoms with van der Waals surface area (Å²) in [5.74, 6) is 0.383. The summed E-state index contributed by atoms with van der Waals surface area (Å²) in [6.07, 6.45) is 0.532. The lowest BCUT2D eigenvalue weighted by atomic mass is 10.0. The summed E-state index contributed by atoms with van der Waals surface area (Å²) in [6, 6.07) is 26.5. The molecule has 228 valence electrons. The number of carbonyl (C=O) groups is 2. The first-order valence-electron chi connectivity index (χ1n) is 14.2. The number of amides is 2. The van der Waals surface area contributed by atoms with E-state index in [1.165, 1.54) is 28.9 Å². The lowest BCUT2D eigenvalue weighted by molar-refractivity contribution is -0.130. The van der Waals surface area contributed by atoms with Crippen molar-refractivity contribution < 1.29 is 18.7 Å². The van der Waals surface area contributed by atoms with Gasteiger partial charge in [0.05, 0.1) is 42.6 Å². The fraction of sp³-hybridized carbons (Fsp3) is 0.182. The third-order valence-corrected chi connectivity index (χ3v) is 9.14. The summed E-state index contributed by atoms with van der Waals surface area (Å²) < 4.78 is 20.8. The minimum absolute atomic E-state index is 0.0575. The average molecular weight is 641 g/mol. The number of halogens is 1. The number of nitrogens with one attached hydrogen (secondary N) is 1. The highest BCUT2D eigenvalue weighted by Crippen LogP contribution is 2.35. The van der Waals surface area contributed by atoms with Gasteiger partial charge in [-0.1, -0.05) is 66.4 Å². The molecule has 12 heteroatoms. The molecule has 1 N–H and O–H groups in total. The molecule has 2 amide bonds. The molecule has 1 atom stereocenters. The first-order chi connectivity index (χ1) is 22.0. The van der Waals surface area contributed by atoms with Crippen LogP contribution in [-0.4, -0.2) is 50.2 Å². The molecule has 0 unspecified atom stereocenters. The third kappa shape index (κ3) is 7.13. The predicted molar refractivity (Wildman–Crippen MR) is 172 cm³/mol. The van der Waals surface area contributed by atoms with Crippen LogP contribution in [0.5, 0.6) is 5.75 Å². The molecule has 2 aromatic heterocycles. The van der Waals surface area contributed by atoms with Crippen LogP contribution in [0.4, 0.5) is 4.39 Å². The highest BCUT2D eigenvalue weighted by atomic mass is 32.2. The Hall–Kier alpha value is -4.81. The van der Waals surface area contributed by atoms with Gasteiger partial charge in [-0.25, -0.2) is 9.40 Å².